The van der Waals surface area contributed by atoms with Crippen LogP contribution in [0.1, 0.15) is 33.5 Å². The van der Waals surface area contributed by atoms with E-state index in [-0.39, 0.29) is 28.8 Å². The van der Waals surface area contributed by atoms with E-state index in [4.69, 9.17) is 18.3 Å². The highest BCUT2D eigenvalue weighted by Crippen LogP contribution is 2.41. The first-order valence-corrected chi connectivity index (χ1v) is 9.83. The number of carbonyl (C=O) groups is 1. The maximum atomic E-state index is 13.9. The third-order valence-corrected chi connectivity index (χ3v) is 5.56. The van der Waals surface area contributed by atoms with Crippen molar-refractivity contribution in [2.75, 3.05) is 14.2 Å². The second-order valence-corrected chi connectivity index (χ2v) is 7.34. The van der Waals surface area contributed by atoms with Crippen LogP contribution in [0.3, 0.4) is 0 Å². The van der Waals surface area contributed by atoms with E-state index in [2.05, 4.69) is 0 Å². The van der Waals surface area contributed by atoms with Gasteiger partial charge in [0.2, 0.25) is 5.76 Å². The van der Waals surface area contributed by atoms with Gasteiger partial charge in [-0.15, -0.1) is 0 Å². The average molecular weight is 435 g/mol. The Morgan fingerprint density at radius 2 is 1.84 bits per heavy atom. The summed E-state index contributed by atoms with van der Waals surface area (Å²) >= 11 is 0. The molecule has 4 aromatic rings. The van der Waals surface area contributed by atoms with Crippen molar-refractivity contribution in [3.05, 3.63) is 93.5 Å². The summed E-state index contributed by atoms with van der Waals surface area (Å²) in [6.45, 7) is 0.110. The van der Waals surface area contributed by atoms with E-state index in [1.165, 1.54) is 37.5 Å². The van der Waals surface area contributed by atoms with Crippen molar-refractivity contribution in [1.29, 1.82) is 0 Å². The number of halogens is 1. The van der Waals surface area contributed by atoms with Crippen molar-refractivity contribution in [2.45, 2.75) is 12.6 Å². The van der Waals surface area contributed by atoms with Crippen LogP contribution in [-0.4, -0.2) is 25.0 Å². The van der Waals surface area contributed by atoms with Gasteiger partial charge in [0.25, 0.3) is 5.91 Å². The van der Waals surface area contributed by atoms with Gasteiger partial charge in [0.1, 0.15) is 17.2 Å². The fraction of sp³-hybridized carbons (Fsp3) is 0.167. The molecule has 5 rings (SSSR count). The first-order valence-electron chi connectivity index (χ1n) is 9.83. The van der Waals surface area contributed by atoms with Crippen molar-refractivity contribution in [1.82, 2.24) is 4.90 Å². The zero-order valence-corrected chi connectivity index (χ0v) is 17.3. The van der Waals surface area contributed by atoms with Crippen molar-refractivity contribution in [2.24, 2.45) is 0 Å². The van der Waals surface area contributed by atoms with Crippen molar-refractivity contribution >= 4 is 16.9 Å². The van der Waals surface area contributed by atoms with E-state index >= 15 is 0 Å². The standard InChI is InChI=1S/C24H18FNO6/c1-29-18-7-5-13(10-19(18)30-2)21-20-22(27)16-11-14(25)6-8-17(16)32-23(20)24(28)26(21)12-15-4-3-9-31-15/h3-11,21H,12H2,1-2H3/t21-/m1/s1. The van der Waals surface area contributed by atoms with Gasteiger partial charge in [-0.1, -0.05) is 6.07 Å². The molecule has 0 aliphatic carbocycles. The van der Waals surface area contributed by atoms with Crippen LogP contribution in [0.15, 0.2) is 68.4 Å². The van der Waals surface area contributed by atoms with Crippen molar-refractivity contribution < 1.29 is 27.5 Å². The smallest absolute Gasteiger partial charge is 0.291 e. The molecule has 0 radical (unpaired) electrons. The Morgan fingerprint density at radius 3 is 2.56 bits per heavy atom. The molecule has 0 spiro atoms. The highest BCUT2D eigenvalue weighted by molar-refractivity contribution is 5.99. The van der Waals surface area contributed by atoms with E-state index in [1.807, 2.05) is 0 Å². The van der Waals surface area contributed by atoms with E-state index < -0.39 is 23.2 Å². The number of ether oxygens (including phenoxy) is 2. The quantitative estimate of drug-likeness (QED) is 0.465. The Balaban J connectivity index is 1.75. The van der Waals surface area contributed by atoms with Crippen LogP contribution in [0, 0.1) is 5.82 Å². The minimum atomic E-state index is -0.786. The molecular weight excluding hydrogens is 417 g/mol. The number of amides is 1. The molecule has 2 aromatic heterocycles. The molecule has 1 amide bonds. The van der Waals surface area contributed by atoms with Gasteiger partial charge in [0, 0.05) is 0 Å². The molecule has 0 saturated heterocycles. The minimum Gasteiger partial charge on any atom is -0.493 e. The Hall–Kier alpha value is -4.07. The minimum absolute atomic E-state index is 0.0690. The molecule has 162 valence electrons. The number of methoxy groups -OCH3 is 2. The topological polar surface area (TPSA) is 82.1 Å². The molecular formula is C24H18FNO6. The van der Waals surface area contributed by atoms with Crippen molar-refractivity contribution in [3.8, 4) is 11.5 Å². The molecule has 0 N–H and O–H groups in total. The molecule has 7 nitrogen and oxygen atoms in total. The Labute approximate surface area is 181 Å². The molecule has 32 heavy (non-hydrogen) atoms. The number of benzene rings is 2. The molecule has 8 heteroatoms. The van der Waals surface area contributed by atoms with Gasteiger partial charge in [-0.25, -0.2) is 4.39 Å². The van der Waals surface area contributed by atoms with Crippen LogP contribution in [0.5, 0.6) is 11.5 Å². The van der Waals surface area contributed by atoms with Crippen LogP contribution in [-0.2, 0) is 6.54 Å². The van der Waals surface area contributed by atoms with Crippen LogP contribution >= 0.6 is 0 Å². The third kappa shape index (κ3) is 3.03. The monoisotopic (exact) mass is 435 g/mol. The molecule has 1 atom stereocenters. The highest BCUT2D eigenvalue weighted by atomic mass is 19.1. The van der Waals surface area contributed by atoms with E-state index in [0.29, 0.717) is 22.8 Å². The Kier molecular flexibility index (Phi) is 4.70. The molecule has 0 bridgehead atoms. The zero-order valence-electron chi connectivity index (χ0n) is 17.3. The molecule has 1 aliphatic heterocycles. The summed E-state index contributed by atoms with van der Waals surface area (Å²) in [6, 6.07) is 11.5. The maximum absolute atomic E-state index is 13.9. The summed E-state index contributed by atoms with van der Waals surface area (Å²) < 4.78 is 35.8. The number of fused-ring (bicyclic) bond motifs is 2. The van der Waals surface area contributed by atoms with Gasteiger partial charge in [-0.3, -0.25) is 9.59 Å². The summed E-state index contributed by atoms with van der Waals surface area (Å²) in [6.07, 6.45) is 1.51. The summed E-state index contributed by atoms with van der Waals surface area (Å²) in [5, 5.41) is 0.0712. The van der Waals surface area contributed by atoms with Crippen LogP contribution in [0.2, 0.25) is 0 Å². The van der Waals surface area contributed by atoms with Crippen LogP contribution in [0.4, 0.5) is 4.39 Å². The lowest BCUT2D eigenvalue weighted by Gasteiger charge is -2.25. The van der Waals surface area contributed by atoms with E-state index in [9.17, 15) is 14.0 Å². The van der Waals surface area contributed by atoms with Gasteiger partial charge in [0.05, 0.1) is 44.0 Å². The zero-order chi connectivity index (χ0) is 22.4. The molecule has 1 aliphatic rings. The van der Waals surface area contributed by atoms with Gasteiger partial charge < -0.3 is 23.2 Å². The first kappa shape index (κ1) is 19.9. The van der Waals surface area contributed by atoms with Gasteiger partial charge in [-0.2, -0.15) is 0 Å². The average Bonchev–Trinajstić information content (AvgIpc) is 3.41. The number of hydrogen-bond donors (Lipinski definition) is 0. The number of rotatable bonds is 5. The van der Waals surface area contributed by atoms with Crippen LogP contribution in [0.25, 0.3) is 11.0 Å². The number of nitrogens with zero attached hydrogens (tertiary/aromatic N) is 1. The number of hydrogen-bond acceptors (Lipinski definition) is 6. The highest BCUT2D eigenvalue weighted by Gasteiger charge is 2.43. The second-order valence-electron chi connectivity index (χ2n) is 7.34. The molecule has 2 aromatic carbocycles. The Bertz CT molecular complexity index is 1390. The lowest BCUT2D eigenvalue weighted by atomic mass is 9.98. The van der Waals surface area contributed by atoms with Crippen LogP contribution < -0.4 is 14.9 Å². The number of furan rings is 1. The largest absolute Gasteiger partial charge is 0.493 e. The van der Waals surface area contributed by atoms with Gasteiger partial charge in [-0.05, 0) is 48.0 Å². The molecule has 0 unspecified atom stereocenters. The first-order chi connectivity index (χ1) is 15.5. The van der Waals surface area contributed by atoms with Crippen molar-refractivity contribution in [3.63, 3.8) is 0 Å². The van der Waals surface area contributed by atoms with E-state index in [0.717, 1.165) is 6.07 Å². The lowest BCUT2D eigenvalue weighted by Crippen LogP contribution is -2.29. The second kappa shape index (κ2) is 7.56. The fourth-order valence-electron chi connectivity index (χ4n) is 4.10. The fourth-order valence-corrected chi connectivity index (χ4v) is 4.10. The summed E-state index contributed by atoms with van der Waals surface area (Å²) in [7, 11) is 3.02. The van der Waals surface area contributed by atoms with Gasteiger partial charge in [0.15, 0.2) is 16.9 Å². The van der Waals surface area contributed by atoms with Gasteiger partial charge >= 0.3 is 0 Å². The molecule has 0 saturated carbocycles. The summed E-state index contributed by atoms with van der Waals surface area (Å²) in [5.41, 5.74) is 0.446. The maximum Gasteiger partial charge on any atom is 0.291 e. The third-order valence-electron chi connectivity index (χ3n) is 5.56. The molecule has 0 fully saturated rings. The SMILES string of the molecule is COc1ccc([C@@H]2c3c(oc4ccc(F)cc4c3=O)C(=O)N2Cc2ccco2)cc1OC. The number of carbonyl (C=O) groups excluding carboxylic acids is 1. The normalized spacial score (nSPS) is 15.3. The summed E-state index contributed by atoms with van der Waals surface area (Å²) in [5.74, 6) is 0.398. The predicted octanol–water partition coefficient (Wildman–Crippen LogP) is 4.29. The molecule has 3 heterocycles. The predicted molar refractivity (Wildman–Crippen MR) is 112 cm³/mol. The lowest BCUT2D eigenvalue weighted by molar-refractivity contribution is 0.0701. The van der Waals surface area contributed by atoms with E-state index in [1.54, 1.807) is 30.3 Å². The summed E-state index contributed by atoms with van der Waals surface area (Å²) in [4.78, 5) is 28.3. The Morgan fingerprint density at radius 1 is 1.03 bits per heavy atom.